The Bertz CT molecular complexity index is 948. The SMILES string of the molecule is C=CCN(Cc1cccc(C#N)c1)C(=O)C=Cc1ccc(F)cc1[N+](=O)[O-]. The van der Waals surface area contributed by atoms with Crippen molar-refractivity contribution in [3.8, 4) is 6.07 Å². The number of hydrogen-bond acceptors (Lipinski definition) is 4. The third-order valence-corrected chi connectivity index (χ3v) is 3.69. The summed E-state index contributed by atoms with van der Waals surface area (Å²) in [5.41, 5.74) is 0.956. The fourth-order valence-corrected chi connectivity index (χ4v) is 2.43. The van der Waals surface area contributed by atoms with Gasteiger partial charge >= 0.3 is 0 Å². The Morgan fingerprint density at radius 1 is 1.33 bits per heavy atom. The molecule has 0 atom stereocenters. The van der Waals surface area contributed by atoms with Crippen LogP contribution in [-0.4, -0.2) is 22.3 Å². The second kappa shape index (κ2) is 9.06. The van der Waals surface area contributed by atoms with Crippen molar-refractivity contribution in [1.82, 2.24) is 4.90 Å². The topological polar surface area (TPSA) is 87.2 Å². The number of carbonyl (C=O) groups excluding carboxylic acids is 1. The molecular weight excluding hydrogens is 349 g/mol. The van der Waals surface area contributed by atoms with E-state index in [2.05, 4.69) is 6.58 Å². The summed E-state index contributed by atoms with van der Waals surface area (Å²) in [5.74, 6) is -1.12. The zero-order chi connectivity index (χ0) is 19.8. The summed E-state index contributed by atoms with van der Waals surface area (Å²) in [6.07, 6.45) is 4.03. The van der Waals surface area contributed by atoms with Gasteiger partial charge < -0.3 is 4.90 Å². The molecule has 0 saturated carbocycles. The zero-order valence-electron chi connectivity index (χ0n) is 14.3. The molecule has 0 heterocycles. The second-order valence-electron chi connectivity index (χ2n) is 5.61. The first-order valence-corrected chi connectivity index (χ1v) is 7.95. The van der Waals surface area contributed by atoms with Crippen LogP contribution in [0.25, 0.3) is 6.08 Å². The number of carbonyl (C=O) groups is 1. The first-order valence-electron chi connectivity index (χ1n) is 7.95. The van der Waals surface area contributed by atoms with Crippen molar-refractivity contribution in [1.29, 1.82) is 5.26 Å². The summed E-state index contributed by atoms with van der Waals surface area (Å²) < 4.78 is 13.2. The molecule has 0 N–H and O–H groups in total. The Hall–Kier alpha value is -3.79. The van der Waals surface area contributed by atoms with Gasteiger partial charge in [0, 0.05) is 19.2 Å². The molecule has 0 aliphatic heterocycles. The van der Waals surface area contributed by atoms with Gasteiger partial charge in [0.15, 0.2) is 0 Å². The van der Waals surface area contributed by atoms with Crippen molar-refractivity contribution < 1.29 is 14.1 Å². The van der Waals surface area contributed by atoms with E-state index in [1.807, 2.05) is 6.07 Å². The average Bonchev–Trinajstić information content (AvgIpc) is 2.66. The van der Waals surface area contributed by atoms with Crippen molar-refractivity contribution in [3.63, 3.8) is 0 Å². The van der Waals surface area contributed by atoms with Crippen LogP contribution >= 0.6 is 0 Å². The van der Waals surface area contributed by atoms with Crippen molar-refractivity contribution >= 4 is 17.7 Å². The lowest BCUT2D eigenvalue weighted by atomic mass is 10.1. The number of nitro groups is 1. The third-order valence-electron chi connectivity index (χ3n) is 3.69. The van der Waals surface area contributed by atoms with Crippen LogP contribution in [0.4, 0.5) is 10.1 Å². The molecule has 0 radical (unpaired) electrons. The standard InChI is InChI=1S/C20H16FN3O3/c1-2-10-23(14-16-5-3-4-15(11-16)13-22)20(25)9-7-17-6-8-18(21)12-19(17)24(26)27/h2-9,11-12H,1,10,14H2. The maximum atomic E-state index is 13.2. The Morgan fingerprint density at radius 2 is 2.11 bits per heavy atom. The molecule has 7 heteroatoms. The molecule has 0 aliphatic rings. The lowest BCUT2D eigenvalue weighted by Crippen LogP contribution is -2.29. The third kappa shape index (κ3) is 5.34. The molecule has 2 aromatic carbocycles. The number of amides is 1. The van der Waals surface area contributed by atoms with Crippen molar-refractivity contribution in [2.75, 3.05) is 6.54 Å². The molecule has 0 bridgehead atoms. The minimum absolute atomic E-state index is 0.125. The molecular formula is C20H16FN3O3. The molecule has 0 aromatic heterocycles. The highest BCUT2D eigenvalue weighted by Crippen LogP contribution is 2.21. The Kier molecular flexibility index (Phi) is 6.55. The first kappa shape index (κ1) is 19.5. The number of nitrogens with zero attached hydrogens (tertiary/aromatic N) is 3. The predicted octanol–water partition coefficient (Wildman–Crippen LogP) is 3.83. The highest BCUT2D eigenvalue weighted by molar-refractivity contribution is 5.92. The van der Waals surface area contributed by atoms with Crippen LogP contribution in [0.2, 0.25) is 0 Å². The Balaban J connectivity index is 2.22. The highest BCUT2D eigenvalue weighted by Gasteiger charge is 2.14. The van der Waals surface area contributed by atoms with Crippen LogP contribution < -0.4 is 0 Å². The number of halogens is 1. The van der Waals surface area contributed by atoms with E-state index in [1.165, 1.54) is 23.1 Å². The normalized spacial score (nSPS) is 10.4. The minimum atomic E-state index is -0.726. The number of nitro benzene ring substituents is 1. The van der Waals surface area contributed by atoms with Crippen LogP contribution in [-0.2, 0) is 11.3 Å². The summed E-state index contributed by atoms with van der Waals surface area (Å²) in [7, 11) is 0. The molecule has 2 aromatic rings. The van der Waals surface area contributed by atoms with E-state index in [4.69, 9.17) is 5.26 Å². The van der Waals surface area contributed by atoms with Gasteiger partial charge in [0.2, 0.25) is 5.91 Å². The lowest BCUT2D eigenvalue weighted by molar-refractivity contribution is -0.385. The van der Waals surface area contributed by atoms with Gasteiger partial charge in [0.1, 0.15) is 5.82 Å². The van der Waals surface area contributed by atoms with Gasteiger partial charge in [-0.1, -0.05) is 18.2 Å². The van der Waals surface area contributed by atoms with E-state index in [0.717, 1.165) is 17.7 Å². The summed E-state index contributed by atoms with van der Waals surface area (Å²) in [5, 5.41) is 20.0. The van der Waals surface area contributed by atoms with Crippen molar-refractivity contribution in [2.45, 2.75) is 6.54 Å². The van der Waals surface area contributed by atoms with Crippen LogP contribution in [0.5, 0.6) is 0 Å². The fourth-order valence-electron chi connectivity index (χ4n) is 2.43. The monoisotopic (exact) mass is 365 g/mol. The van der Waals surface area contributed by atoms with Gasteiger partial charge in [0.05, 0.1) is 28.2 Å². The van der Waals surface area contributed by atoms with Crippen molar-refractivity contribution in [3.05, 3.63) is 93.8 Å². The second-order valence-corrected chi connectivity index (χ2v) is 5.61. The smallest absolute Gasteiger partial charge is 0.279 e. The molecule has 0 spiro atoms. The molecule has 1 amide bonds. The molecule has 2 rings (SSSR count). The van der Waals surface area contributed by atoms with Gasteiger partial charge in [-0.2, -0.15) is 5.26 Å². The average molecular weight is 365 g/mol. The maximum Gasteiger partial charge on any atom is 0.279 e. The van der Waals surface area contributed by atoms with Crippen LogP contribution in [0, 0.1) is 27.3 Å². The summed E-state index contributed by atoms with van der Waals surface area (Å²) >= 11 is 0. The number of nitriles is 1. The summed E-state index contributed by atoms with van der Waals surface area (Å²) in [6, 6.07) is 12.0. The Labute approximate surface area is 155 Å². The van der Waals surface area contributed by atoms with E-state index < -0.39 is 22.3 Å². The van der Waals surface area contributed by atoms with Gasteiger partial charge in [-0.3, -0.25) is 14.9 Å². The molecule has 0 aliphatic carbocycles. The molecule has 0 fully saturated rings. The number of hydrogen-bond donors (Lipinski definition) is 0. The minimum Gasteiger partial charge on any atom is -0.331 e. The summed E-state index contributed by atoms with van der Waals surface area (Å²) in [4.78, 5) is 24.3. The highest BCUT2D eigenvalue weighted by atomic mass is 19.1. The van der Waals surface area contributed by atoms with Gasteiger partial charge in [-0.05, 0) is 35.9 Å². The van der Waals surface area contributed by atoms with Crippen molar-refractivity contribution in [2.24, 2.45) is 0 Å². The Morgan fingerprint density at radius 3 is 2.78 bits per heavy atom. The van der Waals surface area contributed by atoms with Gasteiger partial charge in [0.25, 0.3) is 5.69 Å². The van der Waals surface area contributed by atoms with Crippen LogP contribution in [0.3, 0.4) is 0 Å². The van der Waals surface area contributed by atoms with E-state index in [-0.39, 0.29) is 18.7 Å². The quantitative estimate of drug-likeness (QED) is 0.323. The maximum absolute atomic E-state index is 13.2. The van der Waals surface area contributed by atoms with E-state index in [1.54, 1.807) is 30.3 Å². The molecule has 27 heavy (non-hydrogen) atoms. The summed E-state index contributed by atoms with van der Waals surface area (Å²) in [6.45, 7) is 4.12. The molecule has 6 nitrogen and oxygen atoms in total. The number of rotatable bonds is 7. The lowest BCUT2D eigenvalue weighted by Gasteiger charge is -2.19. The predicted molar refractivity (Wildman–Crippen MR) is 98.9 cm³/mol. The largest absolute Gasteiger partial charge is 0.331 e. The van der Waals surface area contributed by atoms with Crippen LogP contribution in [0.15, 0.2) is 61.2 Å². The first-order chi connectivity index (χ1) is 12.9. The van der Waals surface area contributed by atoms with E-state index >= 15 is 0 Å². The molecule has 136 valence electrons. The number of benzene rings is 2. The van der Waals surface area contributed by atoms with Crippen LogP contribution in [0.1, 0.15) is 16.7 Å². The molecule has 0 saturated heterocycles. The zero-order valence-corrected chi connectivity index (χ0v) is 14.3. The van der Waals surface area contributed by atoms with E-state index in [0.29, 0.717) is 5.56 Å². The van der Waals surface area contributed by atoms with E-state index in [9.17, 15) is 19.3 Å². The van der Waals surface area contributed by atoms with Gasteiger partial charge in [-0.25, -0.2) is 4.39 Å². The molecule has 0 unspecified atom stereocenters. The fraction of sp³-hybridized carbons (Fsp3) is 0.100. The van der Waals surface area contributed by atoms with Gasteiger partial charge in [-0.15, -0.1) is 6.58 Å².